The average Bonchev–Trinajstić information content (AvgIpc) is 4.09. The molecule has 6 nitrogen and oxygen atoms in total. The van der Waals surface area contributed by atoms with Crippen molar-refractivity contribution >= 4 is 66.4 Å². The van der Waals surface area contributed by atoms with E-state index in [2.05, 4.69) is 279 Å². The van der Waals surface area contributed by atoms with Crippen LogP contribution in [-0.4, -0.2) is 20.8 Å². The minimum absolute atomic E-state index is 0.00574. The molecule has 1 aliphatic heterocycles. The van der Waals surface area contributed by atoms with Crippen LogP contribution in [0.4, 0.5) is 22.7 Å². The molecule has 360 valence electrons. The minimum atomic E-state index is -0.0577. The smallest absolute Gasteiger partial charge is 0.137 e. The highest BCUT2D eigenvalue weighted by molar-refractivity contribution is 6.12. The molecule has 0 fully saturated rings. The van der Waals surface area contributed by atoms with Gasteiger partial charge in [0.05, 0.1) is 33.4 Å². The summed E-state index contributed by atoms with van der Waals surface area (Å²) in [5, 5.41) is 4.76. The van der Waals surface area contributed by atoms with Crippen LogP contribution in [0, 0.1) is 0 Å². The number of rotatable bonds is 8. The maximum Gasteiger partial charge on any atom is 0.137 e. The van der Waals surface area contributed by atoms with Gasteiger partial charge >= 0.3 is 0 Å². The summed E-state index contributed by atoms with van der Waals surface area (Å²) in [6.07, 6.45) is 1.94. The molecule has 74 heavy (non-hydrogen) atoms. The van der Waals surface area contributed by atoms with Crippen molar-refractivity contribution in [3.63, 3.8) is 0 Å². The van der Waals surface area contributed by atoms with Crippen LogP contribution in [0.3, 0.4) is 0 Å². The van der Waals surface area contributed by atoms with Crippen molar-refractivity contribution in [1.82, 2.24) is 14.1 Å². The maximum absolute atomic E-state index is 6.95. The monoisotopic (exact) mass is 959 g/mol. The first-order valence-corrected chi connectivity index (χ1v) is 25.7. The standard InChI is InChI=1S/C68H57N5O/c1-67(2,3)48-22-15-23-50(39-48)71-44-70(63-31-17-28-55(66(63)71)47-21-14-20-46(38-47)45-18-8-7-9-19-45)51-24-16-25-53(41-51)74-54-33-34-58-59-42-52(72-60-29-12-10-26-56(60)57-27-11-13-30-61(57)72)32-35-62(59)73(64(58)43-54)65-40-49(36-37-69-65)68(4,5)6/h7-43H,44H2,1-6H3. The maximum atomic E-state index is 6.95. The first-order chi connectivity index (χ1) is 35.9. The van der Waals surface area contributed by atoms with Gasteiger partial charge in [-0.05, 0) is 130 Å². The molecule has 0 amide bonds. The van der Waals surface area contributed by atoms with Crippen molar-refractivity contribution in [3.05, 3.63) is 236 Å². The summed E-state index contributed by atoms with van der Waals surface area (Å²) in [5.74, 6) is 2.38. The molecule has 0 saturated heterocycles. The van der Waals surface area contributed by atoms with E-state index in [1.165, 1.54) is 60.9 Å². The van der Waals surface area contributed by atoms with Crippen LogP contribution in [0.1, 0.15) is 52.7 Å². The van der Waals surface area contributed by atoms with Gasteiger partial charge in [-0.2, -0.15) is 0 Å². The van der Waals surface area contributed by atoms with E-state index >= 15 is 0 Å². The van der Waals surface area contributed by atoms with E-state index in [1.807, 2.05) is 6.20 Å². The van der Waals surface area contributed by atoms with Gasteiger partial charge in [-0.25, -0.2) is 4.98 Å². The number of aromatic nitrogens is 3. The van der Waals surface area contributed by atoms with Crippen molar-refractivity contribution in [3.8, 4) is 45.3 Å². The number of ether oxygens (including phenoxy) is 1. The van der Waals surface area contributed by atoms with Crippen molar-refractivity contribution in [2.75, 3.05) is 16.5 Å². The van der Waals surface area contributed by atoms with Crippen LogP contribution in [0.15, 0.2) is 225 Å². The summed E-state index contributed by atoms with van der Waals surface area (Å²) in [4.78, 5) is 9.93. The molecule has 0 spiro atoms. The number of nitrogens with zero attached hydrogens (tertiary/aromatic N) is 5. The molecule has 0 unspecified atom stereocenters. The van der Waals surface area contributed by atoms with Crippen LogP contribution in [0.2, 0.25) is 0 Å². The molecule has 0 bridgehead atoms. The summed E-state index contributed by atoms with van der Waals surface area (Å²) in [6, 6.07) is 79.0. The fourth-order valence-electron chi connectivity index (χ4n) is 11.1. The quantitative estimate of drug-likeness (QED) is 0.152. The van der Waals surface area contributed by atoms with Crippen LogP contribution >= 0.6 is 0 Å². The van der Waals surface area contributed by atoms with Gasteiger partial charge in [-0.1, -0.05) is 157 Å². The second kappa shape index (κ2) is 17.4. The Morgan fingerprint density at radius 1 is 0.392 bits per heavy atom. The van der Waals surface area contributed by atoms with Crippen LogP contribution in [0.5, 0.6) is 11.5 Å². The molecule has 4 heterocycles. The Labute approximate surface area is 433 Å². The third-order valence-corrected chi connectivity index (χ3v) is 14.9. The number of para-hydroxylation sites is 3. The molecular formula is C68H57N5O. The Bertz CT molecular complexity index is 4080. The van der Waals surface area contributed by atoms with Gasteiger partial charge in [-0.3, -0.25) is 4.57 Å². The van der Waals surface area contributed by atoms with Gasteiger partial charge in [0.2, 0.25) is 0 Å². The lowest BCUT2D eigenvalue weighted by Crippen LogP contribution is -2.24. The topological polar surface area (TPSA) is 38.5 Å². The Morgan fingerprint density at radius 2 is 1.01 bits per heavy atom. The molecule has 0 atom stereocenters. The van der Waals surface area contributed by atoms with Gasteiger partial charge < -0.3 is 19.1 Å². The third-order valence-electron chi connectivity index (χ3n) is 14.9. The normalized spacial score (nSPS) is 12.9. The first kappa shape index (κ1) is 45.0. The van der Waals surface area contributed by atoms with E-state index in [-0.39, 0.29) is 10.8 Å². The molecule has 0 saturated carbocycles. The van der Waals surface area contributed by atoms with Gasteiger partial charge in [-0.15, -0.1) is 0 Å². The Hall–Kier alpha value is -8.87. The Morgan fingerprint density at radius 3 is 1.78 bits per heavy atom. The molecule has 12 aromatic rings. The van der Waals surface area contributed by atoms with E-state index in [0.717, 1.165) is 61.9 Å². The molecule has 13 rings (SSSR count). The number of benzene rings is 9. The number of fused-ring (bicyclic) bond motifs is 7. The average molecular weight is 960 g/mol. The molecule has 0 N–H and O–H groups in total. The highest BCUT2D eigenvalue weighted by Crippen LogP contribution is 2.51. The predicted molar refractivity (Wildman–Crippen MR) is 310 cm³/mol. The second-order valence-corrected chi connectivity index (χ2v) is 21.8. The zero-order valence-electron chi connectivity index (χ0n) is 42.7. The van der Waals surface area contributed by atoms with E-state index < -0.39 is 0 Å². The number of hydrogen-bond donors (Lipinski definition) is 0. The van der Waals surface area contributed by atoms with Gasteiger partial charge in [0, 0.05) is 62.5 Å². The SMILES string of the molecule is CC(C)(C)c1cccc(N2CN(c3cccc(Oc4ccc5c6cc(-n7c8ccccc8c8ccccc87)ccc6n(-c6cc(C(C)(C)C)ccn6)c5c4)c3)c3cccc(-c4cccc(-c5ccccc5)c4)c32)c1. The molecule has 9 aromatic carbocycles. The third kappa shape index (κ3) is 7.77. The molecular weight excluding hydrogens is 903 g/mol. The number of hydrogen-bond acceptors (Lipinski definition) is 4. The highest BCUT2D eigenvalue weighted by atomic mass is 16.5. The zero-order chi connectivity index (χ0) is 50.3. The van der Waals surface area contributed by atoms with Gasteiger partial charge in [0.1, 0.15) is 24.0 Å². The van der Waals surface area contributed by atoms with E-state index in [1.54, 1.807) is 0 Å². The van der Waals surface area contributed by atoms with Crippen LogP contribution in [0.25, 0.3) is 77.4 Å². The van der Waals surface area contributed by atoms with Crippen molar-refractivity contribution in [2.24, 2.45) is 0 Å². The van der Waals surface area contributed by atoms with Crippen molar-refractivity contribution in [1.29, 1.82) is 0 Å². The molecule has 1 aliphatic rings. The molecule has 0 radical (unpaired) electrons. The fraction of sp³-hybridized carbons (Fsp3) is 0.132. The first-order valence-electron chi connectivity index (χ1n) is 25.7. The molecule has 0 aliphatic carbocycles. The summed E-state index contributed by atoms with van der Waals surface area (Å²) in [7, 11) is 0. The highest BCUT2D eigenvalue weighted by Gasteiger charge is 2.32. The Balaban J connectivity index is 0.912. The lowest BCUT2D eigenvalue weighted by Gasteiger charge is -2.26. The predicted octanol–water partition coefficient (Wildman–Crippen LogP) is 18.2. The summed E-state index contributed by atoms with van der Waals surface area (Å²) in [6.45, 7) is 14.2. The minimum Gasteiger partial charge on any atom is -0.457 e. The van der Waals surface area contributed by atoms with E-state index in [4.69, 9.17) is 9.72 Å². The summed E-state index contributed by atoms with van der Waals surface area (Å²) >= 11 is 0. The fourth-order valence-corrected chi connectivity index (χ4v) is 11.1. The van der Waals surface area contributed by atoms with Crippen molar-refractivity contribution in [2.45, 2.75) is 52.4 Å². The van der Waals surface area contributed by atoms with Crippen molar-refractivity contribution < 1.29 is 4.74 Å². The number of anilines is 4. The van der Waals surface area contributed by atoms with Gasteiger partial charge in [0.15, 0.2) is 0 Å². The van der Waals surface area contributed by atoms with Gasteiger partial charge in [0.25, 0.3) is 0 Å². The summed E-state index contributed by atoms with van der Waals surface area (Å²) < 4.78 is 11.6. The van der Waals surface area contributed by atoms with Crippen LogP contribution < -0.4 is 14.5 Å². The lowest BCUT2D eigenvalue weighted by molar-refractivity contribution is 0.483. The largest absolute Gasteiger partial charge is 0.457 e. The molecule has 3 aromatic heterocycles. The lowest BCUT2D eigenvalue weighted by atomic mass is 9.87. The Kier molecular flexibility index (Phi) is 10.6. The molecule has 6 heteroatoms. The second-order valence-electron chi connectivity index (χ2n) is 21.8. The zero-order valence-corrected chi connectivity index (χ0v) is 42.7. The van der Waals surface area contributed by atoms with Crippen LogP contribution in [-0.2, 0) is 10.8 Å². The number of pyridine rings is 1. The summed E-state index contributed by atoms with van der Waals surface area (Å²) in [5.41, 5.74) is 17.3. The van der Waals surface area contributed by atoms with E-state index in [0.29, 0.717) is 6.67 Å². The van der Waals surface area contributed by atoms with E-state index in [9.17, 15) is 0 Å².